The van der Waals surface area contributed by atoms with E-state index >= 15 is 0 Å². The minimum absolute atomic E-state index is 0.147. The van der Waals surface area contributed by atoms with Crippen molar-refractivity contribution in [3.63, 3.8) is 0 Å². The van der Waals surface area contributed by atoms with E-state index in [0.717, 1.165) is 37.9 Å². The maximum absolute atomic E-state index is 12.0. The number of carbonyl (C=O) groups is 1. The highest BCUT2D eigenvalue weighted by molar-refractivity contribution is 5.76. The number of hydrogen-bond donors (Lipinski definition) is 2. The fourth-order valence-electron chi connectivity index (χ4n) is 3.35. The Labute approximate surface area is 126 Å². The molecular weight excluding hydrogens is 262 g/mol. The largest absolute Gasteiger partial charge is 0.352 e. The fraction of sp³-hybridized carbons (Fsp3) is 0.647. The van der Waals surface area contributed by atoms with Gasteiger partial charge in [0.1, 0.15) is 0 Å². The number of aromatic nitrogens is 2. The molecule has 0 radical (unpaired) electrons. The van der Waals surface area contributed by atoms with Gasteiger partial charge in [0.2, 0.25) is 5.91 Å². The van der Waals surface area contributed by atoms with Crippen molar-refractivity contribution < 1.29 is 4.79 Å². The van der Waals surface area contributed by atoms with E-state index in [0.29, 0.717) is 6.42 Å². The van der Waals surface area contributed by atoms with Crippen molar-refractivity contribution in [1.82, 2.24) is 15.5 Å². The zero-order chi connectivity index (χ0) is 14.5. The van der Waals surface area contributed by atoms with E-state index < -0.39 is 0 Å². The summed E-state index contributed by atoms with van der Waals surface area (Å²) in [6.45, 7) is 0.734. The van der Waals surface area contributed by atoms with Crippen LogP contribution in [0, 0.1) is 0 Å². The average Bonchev–Trinajstić information content (AvgIpc) is 2.95. The molecule has 0 unspecified atom stereocenters. The van der Waals surface area contributed by atoms with Crippen molar-refractivity contribution in [2.45, 2.75) is 64.2 Å². The van der Waals surface area contributed by atoms with Crippen LogP contribution < -0.4 is 5.32 Å². The Balaban J connectivity index is 1.45. The molecule has 4 heteroatoms. The van der Waals surface area contributed by atoms with Crippen LogP contribution in [0.4, 0.5) is 0 Å². The molecule has 0 saturated carbocycles. The highest BCUT2D eigenvalue weighted by Gasteiger charge is 2.17. The number of allylic oxidation sites excluding steroid dienone is 1. The summed E-state index contributed by atoms with van der Waals surface area (Å²) in [5.74, 6) is 0.147. The van der Waals surface area contributed by atoms with E-state index in [1.807, 2.05) is 0 Å². The van der Waals surface area contributed by atoms with Crippen molar-refractivity contribution in [1.29, 1.82) is 0 Å². The molecule has 2 aliphatic carbocycles. The molecule has 2 aliphatic rings. The zero-order valence-corrected chi connectivity index (χ0v) is 12.7. The Kier molecular flexibility index (Phi) is 4.73. The topological polar surface area (TPSA) is 57.8 Å². The second-order valence-electron chi connectivity index (χ2n) is 6.22. The van der Waals surface area contributed by atoms with E-state index in [1.165, 1.54) is 48.9 Å². The predicted molar refractivity (Wildman–Crippen MR) is 83.1 cm³/mol. The first-order chi connectivity index (χ1) is 10.3. The van der Waals surface area contributed by atoms with E-state index in [9.17, 15) is 4.79 Å². The van der Waals surface area contributed by atoms with Gasteiger partial charge in [-0.2, -0.15) is 5.10 Å². The van der Waals surface area contributed by atoms with Crippen LogP contribution in [0.1, 0.15) is 61.9 Å². The third-order valence-corrected chi connectivity index (χ3v) is 4.63. The second kappa shape index (κ2) is 6.92. The summed E-state index contributed by atoms with van der Waals surface area (Å²) in [6.07, 6.45) is 13.2. The summed E-state index contributed by atoms with van der Waals surface area (Å²) in [5.41, 5.74) is 5.18. The highest BCUT2D eigenvalue weighted by atomic mass is 16.1. The number of nitrogens with zero attached hydrogens (tertiary/aromatic N) is 1. The van der Waals surface area contributed by atoms with Crippen LogP contribution >= 0.6 is 0 Å². The lowest BCUT2D eigenvalue weighted by Crippen LogP contribution is -2.26. The first kappa shape index (κ1) is 14.4. The van der Waals surface area contributed by atoms with Gasteiger partial charge in [0.15, 0.2) is 0 Å². The van der Waals surface area contributed by atoms with Gasteiger partial charge in [-0.25, -0.2) is 0 Å². The molecule has 0 atom stereocenters. The number of carbonyl (C=O) groups excluding carboxylic acids is 1. The van der Waals surface area contributed by atoms with E-state index in [2.05, 4.69) is 21.6 Å². The molecule has 1 aromatic heterocycles. The molecule has 1 aromatic rings. The Morgan fingerprint density at radius 1 is 1.19 bits per heavy atom. The monoisotopic (exact) mass is 287 g/mol. The molecule has 0 saturated heterocycles. The highest BCUT2D eigenvalue weighted by Crippen LogP contribution is 2.22. The Hall–Kier alpha value is -1.58. The summed E-state index contributed by atoms with van der Waals surface area (Å²) in [7, 11) is 0. The number of H-pyrrole nitrogens is 1. The SMILES string of the molecule is O=C(CCc1n[nH]c2c1CCCC2)NCC1=CCCCC1. The maximum Gasteiger partial charge on any atom is 0.220 e. The molecular formula is C17H25N3O. The summed E-state index contributed by atoms with van der Waals surface area (Å²) in [6, 6.07) is 0. The van der Waals surface area contributed by atoms with Crippen LogP contribution in [0.25, 0.3) is 0 Å². The number of amides is 1. The average molecular weight is 287 g/mol. The lowest BCUT2D eigenvalue weighted by molar-refractivity contribution is -0.120. The van der Waals surface area contributed by atoms with E-state index in [1.54, 1.807) is 0 Å². The third kappa shape index (κ3) is 3.74. The molecule has 4 nitrogen and oxygen atoms in total. The van der Waals surface area contributed by atoms with Crippen molar-refractivity contribution >= 4 is 5.91 Å². The molecule has 114 valence electrons. The molecule has 0 fully saturated rings. The normalized spacial score (nSPS) is 18.0. The van der Waals surface area contributed by atoms with Crippen LogP contribution in [0.2, 0.25) is 0 Å². The maximum atomic E-state index is 12.0. The molecule has 0 aromatic carbocycles. The van der Waals surface area contributed by atoms with Gasteiger partial charge in [-0.3, -0.25) is 9.89 Å². The minimum atomic E-state index is 0.147. The predicted octanol–water partition coefficient (Wildman–Crippen LogP) is 2.84. The first-order valence-electron chi connectivity index (χ1n) is 8.32. The smallest absolute Gasteiger partial charge is 0.220 e. The summed E-state index contributed by atoms with van der Waals surface area (Å²) in [4.78, 5) is 12.0. The van der Waals surface area contributed by atoms with Crippen molar-refractivity contribution in [3.8, 4) is 0 Å². The van der Waals surface area contributed by atoms with Crippen LogP contribution in [0.3, 0.4) is 0 Å². The Morgan fingerprint density at radius 2 is 2.05 bits per heavy atom. The van der Waals surface area contributed by atoms with Gasteiger partial charge < -0.3 is 5.32 Å². The van der Waals surface area contributed by atoms with Crippen molar-refractivity contribution in [2.75, 3.05) is 6.54 Å². The number of hydrogen-bond acceptors (Lipinski definition) is 2. The van der Waals surface area contributed by atoms with Gasteiger partial charge in [0.25, 0.3) is 0 Å². The first-order valence-corrected chi connectivity index (χ1v) is 8.32. The summed E-state index contributed by atoms with van der Waals surface area (Å²) < 4.78 is 0. The molecule has 2 N–H and O–H groups in total. The number of fused-ring (bicyclic) bond motifs is 1. The van der Waals surface area contributed by atoms with E-state index in [-0.39, 0.29) is 5.91 Å². The van der Waals surface area contributed by atoms with Crippen LogP contribution in [-0.4, -0.2) is 22.6 Å². The second-order valence-corrected chi connectivity index (χ2v) is 6.22. The van der Waals surface area contributed by atoms with Crippen LogP contribution in [0.5, 0.6) is 0 Å². The van der Waals surface area contributed by atoms with Gasteiger partial charge in [0.05, 0.1) is 5.69 Å². The van der Waals surface area contributed by atoms with Gasteiger partial charge in [-0.05, 0) is 56.9 Å². The molecule has 0 bridgehead atoms. The standard InChI is InChI=1S/C17H25N3O/c21-17(18-12-13-6-2-1-3-7-13)11-10-16-14-8-4-5-9-15(14)19-20-16/h6H,1-5,7-12H2,(H,18,21)(H,19,20). The molecule has 1 amide bonds. The Morgan fingerprint density at radius 3 is 2.90 bits per heavy atom. The van der Waals surface area contributed by atoms with Crippen LogP contribution in [0.15, 0.2) is 11.6 Å². The third-order valence-electron chi connectivity index (χ3n) is 4.63. The van der Waals surface area contributed by atoms with Gasteiger partial charge in [-0.1, -0.05) is 11.6 Å². The quantitative estimate of drug-likeness (QED) is 0.818. The number of nitrogens with one attached hydrogen (secondary N) is 2. The molecule has 0 spiro atoms. The molecule has 1 heterocycles. The summed E-state index contributed by atoms with van der Waals surface area (Å²) in [5, 5.41) is 10.6. The minimum Gasteiger partial charge on any atom is -0.352 e. The molecule has 3 rings (SSSR count). The van der Waals surface area contributed by atoms with Crippen molar-refractivity contribution in [3.05, 3.63) is 28.6 Å². The molecule has 21 heavy (non-hydrogen) atoms. The van der Waals surface area contributed by atoms with E-state index in [4.69, 9.17) is 0 Å². The van der Waals surface area contributed by atoms with Gasteiger partial charge in [-0.15, -0.1) is 0 Å². The number of aromatic amines is 1. The summed E-state index contributed by atoms with van der Waals surface area (Å²) >= 11 is 0. The van der Waals surface area contributed by atoms with Gasteiger partial charge >= 0.3 is 0 Å². The lowest BCUT2D eigenvalue weighted by Gasteiger charge is -2.13. The molecule has 0 aliphatic heterocycles. The lowest BCUT2D eigenvalue weighted by atomic mass is 9.94. The Bertz CT molecular complexity index is 530. The van der Waals surface area contributed by atoms with Gasteiger partial charge in [0, 0.05) is 25.1 Å². The van der Waals surface area contributed by atoms with Crippen molar-refractivity contribution in [2.24, 2.45) is 0 Å². The van der Waals surface area contributed by atoms with Crippen LogP contribution in [-0.2, 0) is 24.1 Å². The zero-order valence-electron chi connectivity index (χ0n) is 12.7. The number of rotatable bonds is 5. The number of aryl methyl sites for hydroxylation is 2. The fourth-order valence-corrected chi connectivity index (χ4v) is 3.35.